The summed E-state index contributed by atoms with van der Waals surface area (Å²) in [6, 6.07) is 0.374. The van der Waals surface area contributed by atoms with Crippen LogP contribution >= 0.6 is 0 Å². The van der Waals surface area contributed by atoms with E-state index in [0.717, 1.165) is 32.2 Å². The fourth-order valence-electron chi connectivity index (χ4n) is 2.76. The third kappa shape index (κ3) is 3.37. The van der Waals surface area contributed by atoms with E-state index in [1.54, 1.807) is 0 Å². The van der Waals surface area contributed by atoms with Crippen molar-refractivity contribution in [1.82, 2.24) is 4.90 Å². The van der Waals surface area contributed by atoms with Gasteiger partial charge in [-0.15, -0.1) is 0 Å². The van der Waals surface area contributed by atoms with E-state index in [9.17, 15) is 14.7 Å². The Kier molecular flexibility index (Phi) is 4.61. The zero-order valence-corrected chi connectivity index (χ0v) is 11.5. The van der Waals surface area contributed by atoms with Crippen LogP contribution in [0.2, 0.25) is 0 Å². The maximum absolute atomic E-state index is 12.6. The standard InChI is InChI=1S/C15H23NO3/c1-2-3-10-16(11-8-9-11)14(17)12-6-4-5-7-13(12)15(18)19/h4-5,11-13H,2-3,6-10H2,1H3,(H,18,19)/t12-,13+/m1/s1. The Morgan fingerprint density at radius 1 is 1.21 bits per heavy atom. The Balaban J connectivity index is 2.06. The number of carbonyl (C=O) groups is 2. The molecule has 19 heavy (non-hydrogen) atoms. The van der Waals surface area contributed by atoms with Crippen molar-refractivity contribution in [3.8, 4) is 0 Å². The van der Waals surface area contributed by atoms with E-state index in [2.05, 4.69) is 6.92 Å². The summed E-state index contributed by atoms with van der Waals surface area (Å²) in [5, 5.41) is 9.27. The van der Waals surface area contributed by atoms with Crippen LogP contribution in [0.15, 0.2) is 12.2 Å². The second-order valence-electron chi connectivity index (χ2n) is 5.61. The van der Waals surface area contributed by atoms with E-state index < -0.39 is 11.9 Å². The van der Waals surface area contributed by atoms with Gasteiger partial charge in [-0.05, 0) is 32.1 Å². The molecule has 0 aromatic rings. The minimum absolute atomic E-state index is 0.0627. The van der Waals surface area contributed by atoms with Crippen LogP contribution in [-0.2, 0) is 9.59 Å². The minimum Gasteiger partial charge on any atom is -0.481 e. The van der Waals surface area contributed by atoms with Gasteiger partial charge in [0.15, 0.2) is 0 Å². The molecule has 0 spiro atoms. The molecule has 2 aliphatic rings. The first kappa shape index (κ1) is 14.1. The van der Waals surface area contributed by atoms with E-state index >= 15 is 0 Å². The number of carboxylic acids is 1. The topological polar surface area (TPSA) is 57.6 Å². The highest BCUT2D eigenvalue weighted by Crippen LogP contribution is 2.33. The number of rotatable bonds is 6. The van der Waals surface area contributed by atoms with E-state index in [0.29, 0.717) is 18.9 Å². The van der Waals surface area contributed by atoms with Gasteiger partial charge < -0.3 is 10.0 Å². The zero-order chi connectivity index (χ0) is 13.8. The molecular formula is C15H23NO3. The Labute approximate surface area is 114 Å². The van der Waals surface area contributed by atoms with Crippen molar-refractivity contribution < 1.29 is 14.7 Å². The van der Waals surface area contributed by atoms with E-state index in [-0.39, 0.29) is 11.8 Å². The largest absolute Gasteiger partial charge is 0.481 e. The second kappa shape index (κ2) is 6.22. The average Bonchev–Trinajstić information content (AvgIpc) is 3.23. The second-order valence-corrected chi connectivity index (χ2v) is 5.61. The number of carbonyl (C=O) groups excluding carboxylic acids is 1. The number of carboxylic acid groups (broad SMARTS) is 1. The molecule has 106 valence electrons. The number of hydrogen-bond donors (Lipinski definition) is 1. The predicted molar refractivity (Wildman–Crippen MR) is 72.6 cm³/mol. The van der Waals surface area contributed by atoms with Gasteiger partial charge >= 0.3 is 5.97 Å². The number of allylic oxidation sites excluding steroid dienone is 2. The lowest BCUT2D eigenvalue weighted by Crippen LogP contribution is -2.43. The van der Waals surface area contributed by atoms with Crippen molar-refractivity contribution in [2.75, 3.05) is 6.54 Å². The zero-order valence-electron chi connectivity index (χ0n) is 11.5. The first-order valence-corrected chi connectivity index (χ1v) is 7.33. The van der Waals surface area contributed by atoms with Gasteiger partial charge in [0.25, 0.3) is 0 Å². The predicted octanol–water partition coefficient (Wildman–Crippen LogP) is 2.44. The highest BCUT2D eigenvalue weighted by atomic mass is 16.4. The smallest absolute Gasteiger partial charge is 0.307 e. The van der Waals surface area contributed by atoms with Crippen molar-refractivity contribution in [3.05, 3.63) is 12.2 Å². The van der Waals surface area contributed by atoms with Crippen molar-refractivity contribution in [2.45, 2.75) is 51.5 Å². The number of unbranched alkanes of at least 4 members (excludes halogenated alkanes) is 1. The maximum atomic E-state index is 12.6. The van der Waals surface area contributed by atoms with Crippen LogP contribution in [0.4, 0.5) is 0 Å². The van der Waals surface area contributed by atoms with Crippen molar-refractivity contribution >= 4 is 11.9 Å². The molecule has 0 saturated heterocycles. The van der Waals surface area contributed by atoms with Crippen LogP contribution in [-0.4, -0.2) is 34.5 Å². The fourth-order valence-corrected chi connectivity index (χ4v) is 2.76. The van der Waals surface area contributed by atoms with Gasteiger partial charge in [0.2, 0.25) is 5.91 Å². The molecule has 0 aromatic carbocycles. The minimum atomic E-state index is -0.839. The monoisotopic (exact) mass is 265 g/mol. The molecule has 2 aliphatic carbocycles. The van der Waals surface area contributed by atoms with Crippen LogP contribution in [0.1, 0.15) is 45.4 Å². The van der Waals surface area contributed by atoms with Crippen LogP contribution in [0.3, 0.4) is 0 Å². The summed E-state index contributed by atoms with van der Waals surface area (Å²) >= 11 is 0. The number of nitrogens with zero attached hydrogens (tertiary/aromatic N) is 1. The molecule has 0 heterocycles. The lowest BCUT2D eigenvalue weighted by Gasteiger charge is -2.31. The van der Waals surface area contributed by atoms with Crippen molar-refractivity contribution in [2.24, 2.45) is 11.8 Å². The normalized spacial score (nSPS) is 26.2. The lowest BCUT2D eigenvalue weighted by molar-refractivity contribution is -0.150. The van der Waals surface area contributed by atoms with Crippen LogP contribution < -0.4 is 0 Å². The summed E-state index contributed by atoms with van der Waals surface area (Å²) in [5.41, 5.74) is 0. The molecule has 0 aliphatic heterocycles. The number of amides is 1. The Morgan fingerprint density at radius 3 is 2.37 bits per heavy atom. The summed E-state index contributed by atoms with van der Waals surface area (Å²) in [4.78, 5) is 25.9. The summed E-state index contributed by atoms with van der Waals surface area (Å²) in [5.74, 6) is -1.68. The Morgan fingerprint density at radius 2 is 1.84 bits per heavy atom. The molecule has 2 atom stereocenters. The van der Waals surface area contributed by atoms with E-state index in [4.69, 9.17) is 0 Å². The fraction of sp³-hybridized carbons (Fsp3) is 0.733. The summed E-state index contributed by atoms with van der Waals surface area (Å²) in [7, 11) is 0. The molecule has 4 nitrogen and oxygen atoms in total. The van der Waals surface area contributed by atoms with Gasteiger partial charge in [-0.2, -0.15) is 0 Å². The van der Waals surface area contributed by atoms with Gasteiger partial charge in [-0.25, -0.2) is 0 Å². The number of hydrogen-bond acceptors (Lipinski definition) is 2. The van der Waals surface area contributed by atoms with Crippen LogP contribution in [0.5, 0.6) is 0 Å². The molecule has 0 unspecified atom stereocenters. The molecule has 1 saturated carbocycles. The van der Waals surface area contributed by atoms with E-state index in [1.165, 1.54) is 0 Å². The van der Waals surface area contributed by atoms with Gasteiger partial charge in [0.05, 0.1) is 11.8 Å². The highest BCUT2D eigenvalue weighted by Gasteiger charge is 2.40. The molecule has 0 aromatic heterocycles. The molecular weight excluding hydrogens is 242 g/mol. The third-order valence-corrected chi connectivity index (χ3v) is 4.09. The highest BCUT2D eigenvalue weighted by molar-refractivity contribution is 5.85. The summed E-state index contributed by atoms with van der Waals surface area (Å²) in [6.07, 6.45) is 9.11. The average molecular weight is 265 g/mol. The maximum Gasteiger partial charge on any atom is 0.307 e. The molecule has 4 heteroatoms. The van der Waals surface area contributed by atoms with Crippen LogP contribution in [0, 0.1) is 11.8 Å². The summed E-state index contributed by atoms with van der Waals surface area (Å²) in [6.45, 7) is 2.89. The molecule has 1 fully saturated rings. The molecule has 2 rings (SSSR count). The Hall–Kier alpha value is -1.32. The van der Waals surface area contributed by atoms with E-state index in [1.807, 2.05) is 17.1 Å². The number of aliphatic carboxylic acids is 1. The quantitative estimate of drug-likeness (QED) is 0.750. The Bertz CT molecular complexity index is 374. The van der Waals surface area contributed by atoms with Gasteiger partial charge in [0.1, 0.15) is 0 Å². The third-order valence-electron chi connectivity index (χ3n) is 4.09. The molecule has 0 radical (unpaired) electrons. The first-order chi connectivity index (χ1) is 9.15. The lowest BCUT2D eigenvalue weighted by atomic mass is 9.82. The van der Waals surface area contributed by atoms with Crippen molar-refractivity contribution in [3.63, 3.8) is 0 Å². The van der Waals surface area contributed by atoms with Gasteiger partial charge in [0, 0.05) is 12.6 Å². The SMILES string of the molecule is CCCCN(C(=O)[C@@H]1CC=CC[C@@H]1C(=O)O)C1CC1. The molecule has 1 amide bonds. The van der Waals surface area contributed by atoms with Gasteiger partial charge in [-0.3, -0.25) is 9.59 Å². The first-order valence-electron chi connectivity index (χ1n) is 7.33. The van der Waals surface area contributed by atoms with Crippen LogP contribution in [0.25, 0.3) is 0 Å². The molecule has 0 bridgehead atoms. The summed E-state index contributed by atoms with van der Waals surface area (Å²) < 4.78 is 0. The van der Waals surface area contributed by atoms with Crippen molar-refractivity contribution in [1.29, 1.82) is 0 Å². The van der Waals surface area contributed by atoms with Gasteiger partial charge in [-0.1, -0.05) is 25.5 Å². The molecule has 1 N–H and O–H groups in total.